The van der Waals surface area contributed by atoms with Gasteiger partial charge in [-0.1, -0.05) is 13.8 Å². The Morgan fingerprint density at radius 1 is 1.47 bits per heavy atom. The maximum Gasteiger partial charge on any atom is 0.308 e. The molecule has 1 amide bonds. The first-order chi connectivity index (χ1) is 9.00. The number of nitrogens with zero attached hydrogens (tertiary/aromatic N) is 1. The molecule has 19 heavy (non-hydrogen) atoms. The molecule has 2 rings (SSSR count). The minimum absolute atomic E-state index is 0.122. The summed E-state index contributed by atoms with van der Waals surface area (Å²) in [5.74, 6) is -0.597. The molecule has 1 atom stereocenters. The monoisotopic (exact) mass is 265 g/mol. The van der Waals surface area contributed by atoms with Gasteiger partial charge >= 0.3 is 5.97 Å². The Morgan fingerprint density at radius 3 is 2.84 bits per heavy atom. The predicted octanol–water partition coefficient (Wildman–Crippen LogP) is 2.34. The number of piperidine rings is 1. The summed E-state index contributed by atoms with van der Waals surface area (Å²) in [5.41, 5.74) is 0.557. The summed E-state index contributed by atoms with van der Waals surface area (Å²) in [7, 11) is 0. The second-order valence-electron chi connectivity index (χ2n) is 5.28. The van der Waals surface area contributed by atoms with Gasteiger partial charge in [0.05, 0.1) is 17.7 Å². The van der Waals surface area contributed by atoms with Crippen molar-refractivity contribution in [3.63, 3.8) is 0 Å². The van der Waals surface area contributed by atoms with Crippen molar-refractivity contribution in [3.05, 3.63) is 23.7 Å². The normalized spacial score (nSPS) is 19.7. The highest BCUT2D eigenvalue weighted by Crippen LogP contribution is 2.24. The molecule has 1 aliphatic rings. The summed E-state index contributed by atoms with van der Waals surface area (Å²) < 4.78 is 5.35. The average molecular weight is 265 g/mol. The predicted molar refractivity (Wildman–Crippen MR) is 69.1 cm³/mol. The van der Waals surface area contributed by atoms with Gasteiger partial charge in [-0.2, -0.15) is 0 Å². The van der Waals surface area contributed by atoms with Crippen LogP contribution in [0.5, 0.6) is 0 Å². The van der Waals surface area contributed by atoms with E-state index in [2.05, 4.69) is 0 Å². The molecular formula is C14H19NO4. The number of carboxylic acid groups (broad SMARTS) is 1. The molecule has 0 saturated carbocycles. The largest absolute Gasteiger partial charge is 0.481 e. The highest BCUT2D eigenvalue weighted by Gasteiger charge is 2.30. The molecule has 0 spiro atoms. The lowest BCUT2D eigenvalue weighted by atomic mass is 9.97. The Bertz CT molecular complexity index is 478. The van der Waals surface area contributed by atoms with Crippen LogP contribution in [0.25, 0.3) is 0 Å². The van der Waals surface area contributed by atoms with Gasteiger partial charge in [-0.25, -0.2) is 0 Å². The molecule has 1 saturated heterocycles. The molecule has 0 unspecified atom stereocenters. The molecule has 1 aromatic heterocycles. The van der Waals surface area contributed by atoms with Crippen LogP contribution in [-0.2, 0) is 4.79 Å². The van der Waals surface area contributed by atoms with Crippen LogP contribution in [0.4, 0.5) is 0 Å². The summed E-state index contributed by atoms with van der Waals surface area (Å²) in [4.78, 5) is 25.1. The summed E-state index contributed by atoms with van der Waals surface area (Å²) in [6.45, 7) is 4.83. The highest BCUT2D eigenvalue weighted by atomic mass is 16.4. The van der Waals surface area contributed by atoms with E-state index in [0.29, 0.717) is 24.3 Å². The fraction of sp³-hybridized carbons (Fsp3) is 0.571. The maximum atomic E-state index is 12.4. The Labute approximate surface area is 112 Å². The molecule has 0 radical (unpaired) electrons. The van der Waals surface area contributed by atoms with Gasteiger partial charge in [0.1, 0.15) is 5.76 Å². The number of carboxylic acids is 1. The van der Waals surface area contributed by atoms with Gasteiger partial charge in [-0.15, -0.1) is 0 Å². The Kier molecular flexibility index (Phi) is 3.93. The lowest BCUT2D eigenvalue weighted by molar-refractivity contribution is -0.143. The van der Waals surface area contributed by atoms with E-state index in [0.717, 1.165) is 6.42 Å². The van der Waals surface area contributed by atoms with Crippen LogP contribution in [0.15, 0.2) is 16.7 Å². The third kappa shape index (κ3) is 2.80. The second-order valence-corrected chi connectivity index (χ2v) is 5.28. The molecule has 0 aromatic carbocycles. The van der Waals surface area contributed by atoms with Gasteiger partial charge in [0.25, 0.3) is 5.91 Å². The fourth-order valence-corrected chi connectivity index (χ4v) is 2.48. The molecule has 1 aromatic rings. The number of aliphatic carboxylic acids is 1. The zero-order valence-corrected chi connectivity index (χ0v) is 11.3. The SMILES string of the molecule is CC(C)c1occc1C(=O)N1CCC[C@H](C(=O)O)C1. The lowest BCUT2D eigenvalue weighted by Crippen LogP contribution is -2.42. The molecule has 5 nitrogen and oxygen atoms in total. The van der Waals surface area contributed by atoms with Crippen molar-refractivity contribution in [2.45, 2.75) is 32.6 Å². The number of furan rings is 1. The first kappa shape index (κ1) is 13.6. The number of hydrogen-bond acceptors (Lipinski definition) is 3. The third-order valence-electron chi connectivity index (χ3n) is 3.51. The standard InChI is InChI=1S/C14H19NO4/c1-9(2)12-11(5-7-19-12)13(16)15-6-3-4-10(8-15)14(17)18/h5,7,9-10H,3-4,6,8H2,1-2H3,(H,17,18)/t10-/m0/s1. The molecule has 1 fully saturated rings. The smallest absolute Gasteiger partial charge is 0.308 e. The van der Waals surface area contributed by atoms with E-state index in [1.165, 1.54) is 6.26 Å². The molecule has 0 bridgehead atoms. The van der Waals surface area contributed by atoms with E-state index in [1.54, 1.807) is 11.0 Å². The summed E-state index contributed by atoms with van der Waals surface area (Å²) in [6.07, 6.45) is 2.89. The van der Waals surface area contributed by atoms with Crippen LogP contribution in [-0.4, -0.2) is 35.0 Å². The van der Waals surface area contributed by atoms with Gasteiger partial charge in [-0.3, -0.25) is 9.59 Å². The Balaban J connectivity index is 2.15. The zero-order valence-electron chi connectivity index (χ0n) is 11.3. The number of carbonyl (C=O) groups excluding carboxylic acids is 1. The van der Waals surface area contributed by atoms with Crippen LogP contribution >= 0.6 is 0 Å². The fourth-order valence-electron chi connectivity index (χ4n) is 2.48. The zero-order chi connectivity index (χ0) is 14.0. The number of likely N-dealkylation sites (tertiary alicyclic amines) is 1. The summed E-state index contributed by atoms with van der Waals surface area (Å²) in [6, 6.07) is 1.67. The first-order valence-corrected chi connectivity index (χ1v) is 6.60. The van der Waals surface area contributed by atoms with Crippen LogP contribution in [0.2, 0.25) is 0 Å². The quantitative estimate of drug-likeness (QED) is 0.910. The number of amides is 1. The highest BCUT2D eigenvalue weighted by molar-refractivity contribution is 5.95. The molecule has 0 aliphatic carbocycles. The number of carbonyl (C=O) groups is 2. The van der Waals surface area contributed by atoms with E-state index in [4.69, 9.17) is 9.52 Å². The summed E-state index contributed by atoms with van der Waals surface area (Å²) in [5, 5.41) is 9.05. The van der Waals surface area contributed by atoms with Gasteiger partial charge in [-0.05, 0) is 18.9 Å². The first-order valence-electron chi connectivity index (χ1n) is 6.60. The molecule has 1 aliphatic heterocycles. The van der Waals surface area contributed by atoms with E-state index in [9.17, 15) is 9.59 Å². The molecule has 104 valence electrons. The molecular weight excluding hydrogens is 246 g/mol. The average Bonchev–Trinajstić information content (AvgIpc) is 2.87. The molecule has 1 N–H and O–H groups in total. The van der Waals surface area contributed by atoms with Gasteiger partial charge in [0, 0.05) is 19.0 Å². The third-order valence-corrected chi connectivity index (χ3v) is 3.51. The van der Waals surface area contributed by atoms with Crippen LogP contribution in [0, 0.1) is 5.92 Å². The van der Waals surface area contributed by atoms with E-state index in [1.807, 2.05) is 13.8 Å². The van der Waals surface area contributed by atoms with Gasteiger partial charge in [0.15, 0.2) is 0 Å². The Morgan fingerprint density at radius 2 is 2.21 bits per heavy atom. The van der Waals surface area contributed by atoms with Crippen LogP contribution < -0.4 is 0 Å². The topological polar surface area (TPSA) is 70.8 Å². The Hall–Kier alpha value is -1.78. The van der Waals surface area contributed by atoms with Gasteiger partial charge in [0.2, 0.25) is 0 Å². The second kappa shape index (κ2) is 5.47. The van der Waals surface area contributed by atoms with E-state index in [-0.39, 0.29) is 18.4 Å². The maximum absolute atomic E-state index is 12.4. The van der Waals surface area contributed by atoms with Crippen molar-refractivity contribution in [1.29, 1.82) is 0 Å². The van der Waals surface area contributed by atoms with Crippen molar-refractivity contribution < 1.29 is 19.1 Å². The van der Waals surface area contributed by atoms with Crippen molar-refractivity contribution in [1.82, 2.24) is 4.90 Å². The van der Waals surface area contributed by atoms with Gasteiger partial charge < -0.3 is 14.4 Å². The van der Waals surface area contributed by atoms with Crippen LogP contribution in [0.1, 0.15) is 48.7 Å². The van der Waals surface area contributed by atoms with Crippen molar-refractivity contribution >= 4 is 11.9 Å². The molecule has 2 heterocycles. The van der Waals surface area contributed by atoms with Crippen molar-refractivity contribution in [3.8, 4) is 0 Å². The van der Waals surface area contributed by atoms with E-state index < -0.39 is 11.9 Å². The van der Waals surface area contributed by atoms with Crippen LogP contribution in [0.3, 0.4) is 0 Å². The van der Waals surface area contributed by atoms with E-state index >= 15 is 0 Å². The number of hydrogen-bond donors (Lipinski definition) is 1. The number of rotatable bonds is 3. The molecule has 5 heteroatoms. The minimum Gasteiger partial charge on any atom is -0.481 e. The lowest BCUT2D eigenvalue weighted by Gasteiger charge is -2.30. The minimum atomic E-state index is -0.825. The van der Waals surface area contributed by atoms with Crippen molar-refractivity contribution in [2.75, 3.05) is 13.1 Å². The van der Waals surface area contributed by atoms with Crippen molar-refractivity contribution in [2.24, 2.45) is 5.92 Å². The summed E-state index contributed by atoms with van der Waals surface area (Å²) >= 11 is 0.